The van der Waals surface area contributed by atoms with Crippen molar-refractivity contribution in [2.45, 2.75) is 224 Å². The highest BCUT2D eigenvalue weighted by atomic mass is 16.6. The Labute approximate surface area is 556 Å². The molecule has 1 heterocycles. The maximum absolute atomic E-state index is 14.8. The predicted molar refractivity (Wildman–Crippen MR) is 351 cm³/mol. The zero-order chi connectivity index (χ0) is 71.5. The first kappa shape index (κ1) is 83.1. The van der Waals surface area contributed by atoms with Crippen LogP contribution in [0.2, 0.25) is 0 Å². The van der Waals surface area contributed by atoms with Gasteiger partial charge in [-0.15, -0.1) is 0 Å². The molecule has 2 rings (SSSR count). The maximum atomic E-state index is 14.8. The average molecular weight is 1350 g/mol. The van der Waals surface area contributed by atoms with Gasteiger partial charge < -0.3 is 108 Å². The maximum Gasteiger partial charge on any atom is 0.322 e. The molecule has 33 nitrogen and oxygen atoms in total. The fourth-order valence-corrected chi connectivity index (χ4v) is 9.82. The number of carbonyl (C=O) groups is 13. The first-order valence-electron chi connectivity index (χ1n) is 32.7. The molecular weight excluding hydrogens is 1240 g/mol. The van der Waals surface area contributed by atoms with E-state index in [9.17, 15) is 62.3 Å². The van der Waals surface area contributed by atoms with Gasteiger partial charge in [0.15, 0.2) is 0 Å². The molecule has 0 aliphatic carbocycles. The lowest BCUT2D eigenvalue weighted by atomic mass is 10.00. The number of hydrogen-bond acceptors (Lipinski definition) is 22. The normalized spacial score (nSPS) is 22.3. The number of ether oxygens (including phenoxy) is 2. The van der Waals surface area contributed by atoms with E-state index < -0.39 is 175 Å². The molecule has 0 spiro atoms. The van der Waals surface area contributed by atoms with Gasteiger partial charge in [-0.1, -0.05) is 77.3 Å². The standard InChI is InChI=1S/C62H108N18O15/c1-9-34(4)15-13-14-18-48(81)71-40(19-25-63)55(86)80-50(38(8)95-62(93)36(6)69)60(91)76-43(22-28-66)52(83)75-45-24-30-70-59(90)49(37(7)94-61(92)35(5)68)79-56(87)44(23-29-67)73-51(82)41(20-26-64)74-57(88)46(31-33(2)3)77-58(89)47(32-39-16-11-10-12-17-39)78-53(84)42(21-27-65)72-54(45)85/h10-12,16-17,33-38,40-47,49-50H,9,13-15,18-32,63-69H2,1-8H3,(H,70,90)(H,71,81)(H,72,85)(H,73,82)(H,74,88)(H,75,83)(H,76,91)(H,77,89)(H,78,84)(H,79,87)(H,80,86)/t34-,35-,36-,37+,38+,40-,41-,42-,43-,44-,45-,46-,47+,49-,50-/m0/s1. The third-order valence-electron chi connectivity index (χ3n) is 15.6. The van der Waals surface area contributed by atoms with Crippen molar-refractivity contribution >= 4 is 76.9 Å². The summed E-state index contributed by atoms with van der Waals surface area (Å²) in [5, 5.41) is 28.4. The first-order valence-corrected chi connectivity index (χ1v) is 32.7. The van der Waals surface area contributed by atoms with Gasteiger partial charge in [0.05, 0.1) is 0 Å². The Kier molecular flexibility index (Phi) is 38.4. The van der Waals surface area contributed by atoms with Crippen molar-refractivity contribution in [2.24, 2.45) is 52.0 Å². The van der Waals surface area contributed by atoms with Crippen molar-refractivity contribution in [1.29, 1.82) is 0 Å². The van der Waals surface area contributed by atoms with E-state index in [4.69, 9.17) is 49.6 Å². The summed E-state index contributed by atoms with van der Waals surface area (Å²) in [7, 11) is 0. The van der Waals surface area contributed by atoms with Gasteiger partial charge in [-0.25, -0.2) is 0 Å². The number of nitrogens with one attached hydrogen (secondary N) is 11. The minimum absolute atomic E-state index is 0.0119. The van der Waals surface area contributed by atoms with Crippen molar-refractivity contribution in [2.75, 3.05) is 39.3 Å². The summed E-state index contributed by atoms with van der Waals surface area (Å²) < 4.78 is 10.9. The number of benzene rings is 1. The highest BCUT2D eigenvalue weighted by Gasteiger charge is 2.39. The van der Waals surface area contributed by atoms with Gasteiger partial charge in [-0.2, -0.15) is 0 Å². The summed E-state index contributed by atoms with van der Waals surface area (Å²) in [6.07, 6.45) is -1.50. The van der Waals surface area contributed by atoms with Gasteiger partial charge >= 0.3 is 11.9 Å². The van der Waals surface area contributed by atoms with E-state index >= 15 is 0 Å². The van der Waals surface area contributed by atoms with Crippen LogP contribution >= 0.6 is 0 Å². The molecule has 1 aromatic carbocycles. The molecule has 1 aliphatic rings. The molecule has 0 aromatic heterocycles. The number of hydrogen-bond donors (Lipinski definition) is 18. The molecule has 0 bridgehead atoms. The van der Waals surface area contributed by atoms with Crippen molar-refractivity contribution in [3.8, 4) is 0 Å². The number of rotatable bonds is 33. The van der Waals surface area contributed by atoms with Crippen LogP contribution in [0.3, 0.4) is 0 Å². The molecule has 15 atom stereocenters. The average Bonchev–Trinajstić information content (AvgIpc) is 1.05. The molecule has 1 aliphatic heterocycles. The van der Waals surface area contributed by atoms with Crippen LogP contribution in [-0.4, -0.2) is 201 Å². The highest BCUT2D eigenvalue weighted by Crippen LogP contribution is 2.15. The van der Waals surface area contributed by atoms with Crippen LogP contribution in [0.1, 0.15) is 138 Å². The highest BCUT2D eigenvalue weighted by molar-refractivity contribution is 5.99. The Hall–Kier alpha value is -7.95. The lowest BCUT2D eigenvalue weighted by molar-refractivity contribution is -0.154. The zero-order valence-corrected chi connectivity index (χ0v) is 56.2. The number of esters is 2. The molecule has 1 fully saturated rings. The predicted octanol–water partition coefficient (Wildman–Crippen LogP) is -5.45. The van der Waals surface area contributed by atoms with E-state index in [1.807, 2.05) is 0 Å². The molecule has 0 radical (unpaired) electrons. The SMILES string of the molecule is CC[C@H](C)CCCCC(=O)N[C@@H](CCN)C(=O)N[C@H](C(=O)N[C@@H](CCN)C(=O)N[C@H]1CCNC(=O)[C@H]([C@@H](C)OC(=O)[C@H](C)N)NC(=O)[C@H](CCN)NC(=O)[C@H](CCN)NC(=O)[C@H](CC(C)C)NC(=O)[C@@H](Cc2ccccc2)NC(=O)[C@H](CCN)NC1=O)[C@@H](C)OC(=O)[C@H](C)N. The van der Waals surface area contributed by atoms with Crippen LogP contribution in [0.15, 0.2) is 30.3 Å². The van der Waals surface area contributed by atoms with Gasteiger partial charge in [0.1, 0.15) is 84.7 Å². The zero-order valence-electron chi connectivity index (χ0n) is 56.2. The second-order valence-electron chi connectivity index (χ2n) is 24.4. The Balaban J connectivity index is 2.86. The lowest BCUT2D eigenvalue weighted by Gasteiger charge is -2.30. The summed E-state index contributed by atoms with van der Waals surface area (Å²) >= 11 is 0. The van der Waals surface area contributed by atoms with Crippen molar-refractivity contribution in [3.05, 3.63) is 35.9 Å². The van der Waals surface area contributed by atoms with Crippen molar-refractivity contribution < 1.29 is 71.8 Å². The van der Waals surface area contributed by atoms with E-state index in [1.165, 1.54) is 27.7 Å². The Bertz CT molecular complexity index is 2670. The second-order valence-corrected chi connectivity index (χ2v) is 24.4. The summed E-state index contributed by atoms with van der Waals surface area (Å²) in [5.74, 6) is -12.0. The van der Waals surface area contributed by atoms with Gasteiger partial charge in [0.2, 0.25) is 65.0 Å². The molecule has 1 aromatic rings. The third-order valence-corrected chi connectivity index (χ3v) is 15.6. The van der Waals surface area contributed by atoms with Crippen LogP contribution < -0.4 is 98.6 Å². The van der Waals surface area contributed by atoms with E-state index in [0.29, 0.717) is 17.9 Å². The van der Waals surface area contributed by atoms with E-state index in [2.05, 4.69) is 72.3 Å². The molecule has 0 unspecified atom stereocenters. The number of nitrogens with two attached hydrogens (primary N) is 7. The second kappa shape index (κ2) is 43.9. The van der Waals surface area contributed by atoms with Crippen LogP contribution in [0, 0.1) is 11.8 Å². The van der Waals surface area contributed by atoms with Gasteiger partial charge in [-0.05, 0) is 129 Å². The quantitative estimate of drug-likeness (QED) is 0.0231. The Morgan fingerprint density at radius 2 is 1.02 bits per heavy atom. The molecule has 1 saturated heterocycles. The fraction of sp³-hybridized carbons (Fsp3) is 0.694. The summed E-state index contributed by atoms with van der Waals surface area (Å²) in [4.78, 5) is 183. The van der Waals surface area contributed by atoms with Crippen molar-refractivity contribution in [1.82, 2.24) is 58.5 Å². The molecule has 33 heteroatoms. The molecule has 25 N–H and O–H groups in total. The number of unbranched alkanes of at least 4 members (excludes halogenated alkanes) is 1. The van der Waals surface area contributed by atoms with Gasteiger partial charge in [0.25, 0.3) is 0 Å². The van der Waals surface area contributed by atoms with Gasteiger partial charge in [0, 0.05) is 19.4 Å². The Morgan fingerprint density at radius 1 is 0.537 bits per heavy atom. The van der Waals surface area contributed by atoms with Gasteiger partial charge in [-0.3, -0.25) is 62.3 Å². The fourth-order valence-electron chi connectivity index (χ4n) is 9.82. The smallest absolute Gasteiger partial charge is 0.322 e. The van der Waals surface area contributed by atoms with Crippen molar-refractivity contribution in [3.63, 3.8) is 0 Å². The minimum atomic E-state index is -1.78. The summed E-state index contributed by atoms with van der Waals surface area (Å²) in [6.45, 7) is 11.4. The monoisotopic (exact) mass is 1340 g/mol. The minimum Gasteiger partial charge on any atom is -0.459 e. The molecule has 0 saturated carbocycles. The third kappa shape index (κ3) is 30.1. The topological polar surface area (TPSA) is 555 Å². The summed E-state index contributed by atoms with van der Waals surface area (Å²) in [6, 6.07) is -9.43. The largest absolute Gasteiger partial charge is 0.459 e. The lowest BCUT2D eigenvalue weighted by Crippen LogP contribution is -2.62. The molecule has 95 heavy (non-hydrogen) atoms. The van der Waals surface area contributed by atoms with Crippen LogP contribution in [0.5, 0.6) is 0 Å². The van der Waals surface area contributed by atoms with Crippen LogP contribution in [-0.2, 0) is 78.2 Å². The number of carbonyl (C=O) groups excluding carboxylic acids is 13. The van der Waals surface area contributed by atoms with Crippen LogP contribution in [0.4, 0.5) is 0 Å². The van der Waals surface area contributed by atoms with Crippen LogP contribution in [0.25, 0.3) is 0 Å². The first-order chi connectivity index (χ1) is 44.9. The Morgan fingerprint density at radius 3 is 1.54 bits per heavy atom. The molecular formula is C62H108N18O15. The molecule has 536 valence electrons. The molecule has 11 amide bonds. The van der Waals surface area contributed by atoms with E-state index in [1.54, 1.807) is 44.2 Å². The summed E-state index contributed by atoms with van der Waals surface area (Å²) in [5.41, 5.74) is 41.8. The number of amides is 11. The van der Waals surface area contributed by atoms with E-state index in [0.717, 1.165) is 19.3 Å². The van der Waals surface area contributed by atoms with E-state index in [-0.39, 0.29) is 90.0 Å².